The first-order valence-corrected chi connectivity index (χ1v) is 18.3. The lowest BCUT2D eigenvalue weighted by Crippen LogP contribution is -2.34. The molecule has 10 heteroatoms. The number of carboxylic acid groups (broad SMARTS) is 1. The molecule has 3 aromatic heterocycles. The monoisotopic (exact) mass is 667 g/mol. The van der Waals surface area contributed by atoms with E-state index in [1.165, 1.54) is 68.9 Å². The average molecular weight is 668 g/mol. The van der Waals surface area contributed by atoms with Crippen molar-refractivity contribution in [3.05, 3.63) is 69.1 Å². The molecule has 0 bridgehead atoms. The highest BCUT2D eigenvalue weighted by Crippen LogP contribution is 2.50. The Bertz CT molecular complexity index is 1920. The molecule has 0 fully saturated rings. The second-order valence-electron chi connectivity index (χ2n) is 12.0. The molecule has 2 amide bonds. The van der Waals surface area contributed by atoms with Crippen LogP contribution in [0.1, 0.15) is 82.2 Å². The van der Waals surface area contributed by atoms with E-state index < -0.39 is 5.97 Å². The summed E-state index contributed by atoms with van der Waals surface area (Å²) in [6.45, 7) is 4.80. The number of imide groups is 1. The topological polar surface area (TPSA) is 102 Å². The van der Waals surface area contributed by atoms with Crippen LogP contribution >= 0.6 is 34.0 Å². The number of carboxylic acids is 1. The molecule has 0 unspecified atom stereocenters. The summed E-state index contributed by atoms with van der Waals surface area (Å²) in [7, 11) is 0. The van der Waals surface area contributed by atoms with E-state index in [4.69, 9.17) is 0 Å². The Kier molecular flexibility index (Phi) is 8.40. The minimum Gasteiger partial charge on any atom is -0.477 e. The van der Waals surface area contributed by atoms with E-state index in [9.17, 15) is 24.8 Å². The second-order valence-corrected chi connectivity index (χ2v) is 15.2. The highest BCUT2D eigenvalue weighted by molar-refractivity contribution is 7.28. The van der Waals surface area contributed by atoms with Crippen LogP contribution in [0.5, 0.6) is 0 Å². The van der Waals surface area contributed by atoms with Crippen LogP contribution in [0.3, 0.4) is 0 Å². The maximum absolute atomic E-state index is 13.9. The largest absolute Gasteiger partial charge is 0.477 e. The first kappa shape index (κ1) is 30.6. The molecule has 234 valence electrons. The second kappa shape index (κ2) is 12.6. The van der Waals surface area contributed by atoms with Crippen molar-refractivity contribution in [2.24, 2.45) is 0 Å². The number of fused-ring (bicyclic) bond motifs is 1. The van der Waals surface area contributed by atoms with Crippen molar-refractivity contribution < 1.29 is 19.5 Å². The van der Waals surface area contributed by atoms with Gasteiger partial charge in [-0.15, -0.1) is 34.0 Å². The van der Waals surface area contributed by atoms with Crippen molar-refractivity contribution in [1.29, 1.82) is 5.26 Å². The third kappa shape index (κ3) is 5.40. The number of thiophene rings is 3. The van der Waals surface area contributed by atoms with Gasteiger partial charge in [0.15, 0.2) is 0 Å². The number of nitrogens with zero attached hydrogens (tertiary/aromatic N) is 3. The van der Waals surface area contributed by atoms with Gasteiger partial charge in [-0.3, -0.25) is 14.5 Å². The number of amides is 2. The van der Waals surface area contributed by atoms with E-state index in [1.807, 2.05) is 6.07 Å². The van der Waals surface area contributed by atoms with E-state index in [0.717, 1.165) is 71.1 Å². The number of carbonyl (C=O) groups is 3. The lowest BCUT2D eigenvalue weighted by atomic mass is 9.90. The number of carbonyl (C=O) groups excluding carboxylic acids is 2. The highest BCUT2D eigenvalue weighted by atomic mass is 32.1. The third-order valence-electron chi connectivity index (χ3n) is 9.00. The van der Waals surface area contributed by atoms with E-state index >= 15 is 0 Å². The summed E-state index contributed by atoms with van der Waals surface area (Å²) < 4.78 is 0. The van der Waals surface area contributed by atoms with Crippen molar-refractivity contribution in [3.63, 3.8) is 0 Å². The maximum Gasteiger partial charge on any atom is 0.346 e. The van der Waals surface area contributed by atoms with Crippen LogP contribution in [-0.2, 0) is 17.6 Å². The van der Waals surface area contributed by atoms with Gasteiger partial charge in [0.25, 0.3) is 11.8 Å². The molecule has 46 heavy (non-hydrogen) atoms. The molecule has 0 atom stereocenters. The zero-order valence-electron chi connectivity index (χ0n) is 25.6. The minimum absolute atomic E-state index is 0.239. The first-order valence-electron chi connectivity index (χ1n) is 15.9. The molecule has 0 radical (unpaired) electrons. The fourth-order valence-corrected chi connectivity index (χ4v) is 10.3. The number of hydrogen-bond donors (Lipinski definition) is 1. The molecular weight excluding hydrogens is 635 g/mol. The molecular formula is C36H33N3O4S3. The summed E-state index contributed by atoms with van der Waals surface area (Å²) in [6.07, 6.45) is 9.74. The van der Waals surface area contributed by atoms with E-state index in [1.54, 1.807) is 23.5 Å². The molecule has 7 rings (SSSR count). The summed E-state index contributed by atoms with van der Waals surface area (Å²) in [5.74, 6) is -1.79. The Morgan fingerprint density at radius 2 is 1.52 bits per heavy atom. The van der Waals surface area contributed by atoms with Gasteiger partial charge < -0.3 is 10.0 Å². The smallest absolute Gasteiger partial charge is 0.346 e. The molecule has 7 nitrogen and oxygen atoms in total. The molecule has 1 N–H and O–H groups in total. The summed E-state index contributed by atoms with van der Waals surface area (Å²) in [5, 5.41) is 18.6. The predicted molar refractivity (Wildman–Crippen MR) is 186 cm³/mol. The van der Waals surface area contributed by atoms with Gasteiger partial charge in [-0.25, -0.2) is 4.79 Å². The van der Waals surface area contributed by atoms with Gasteiger partial charge in [-0.2, -0.15) is 5.26 Å². The van der Waals surface area contributed by atoms with Crippen molar-refractivity contribution in [1.82, 2.24) is 4.90 Å². The Balaban J connectivity index is 1.29. The number of aliphatic carboxylic acids is 1. The highest BCUT2D eigenvalue weighted by Gasteiger charge is 2.42. The first-order chi connectivity index (χ1) is 22.4. The number of unbranched alkanes of at least 4 members (excludes halogenated alkanes) is 3. The van der Waals surface area contributed by atoms with Crippen LogP contribution in [0.25, 0.3) is 36.0 Å². The molecule has 6 heterocycles. The quantitative estimate of drug-likeness (QED) is 0.0786. The van der Waals surface area contributed by atoms with Gasteiger partial charge in [0.05, 0.1) is 20.9 Å². The summed E-state index contributed by atoms with van der Waals surface area (Å²) >= 11 is 4.42. The number of benzene rings is 1. The molecule has 0 aliphatic carbocycles. The van der Waals surface area contributed by atoms with Crippen LogP contribution in [-0.4, -0.2) is 47.4 Å². The van der Waals surface area contributed by atoms with Gasteiger partial charge >= 0.3 is 5.97 Å². The fraction of sp³-hybridized carbons (Fsp3) is 0.333. The lowest BCUT2D eigenvalue weighted by Gasteiger charge is -2.37. The Hall–Kier alpha value is -4.04. The summed E-state index contributed by atoms with van der Waals surface area (Å²) in [4.78, 5) is 48.2. The Morgan fingerprint density at radius 3 is 2.15 bits per heavy atom. The van der Waals surface area contributed by atoms with Crippen LogP contribution in [0.15, 0.2) is 42.0 Å². The Morgan fingerprint density at radius 1 is 0.891 bits per heavy atom. The molecule has 0 spiro atoms. The van der Waals surface area contributed by atoms with Crippen LogP contribution < -0.4 is 4.90 Å². The zero-order valence-corrected chi connectivity index (χ0v) is 28.0. The zero-order chi connectivity index (χ0) is 31.9. The molecule has 0 saturated heterocycles. The minimum atomic E-state index is -1.29. The SMILES string of the molecule is CCCCCCN1C(=O)c2c(-c3ccc(/C=C(\C#N)C(=O)O)s3)sc(-c3ccc(-c4cc5c6c(c4)CCCN6CCC5)s3)c2C1=O. The van der Waals surface area contributed by atoms with Gasteiger partial charge in [-0.1, -0.05) is 26.2 Å². The molecule has 3 aliphatic rings. The van der Waals surface area contributed by atoms with Crippen molar-refractivity contribution in [3.8, 4) is 36.0 Å². The van der Waals surface area contributed by atoms with Crippen LogP contribution in [0, 0.1) is 11.3 Å². The van der Waals surface area contributed by atoms with Crippen LogP contribution in [0.2, 0.25) is 0 Å². The number of anilines is 1. The van der Waals surface area contributed by atoms with Crippen molar-refractivity contribution >= 4 is 63.6 Å². The van der Waals surface area contributed by atoms with E-state index in [2.05, 4.69) is 36.1 Å². The van der Waals surface area contributed by atoms with Gasteiger partial charge in [0.2, 0.25) is 0 Å². The van der Waals surface area contributed by atoms with Gasteiger partial charge in [0, 0.05) is 44.8 Å². The summed E-state index contributed by atoms with van der Waals surface area (Å²) in [6, 6.07) is 14.2. The number of nitriles is 1. The maximum atomic E-state index is 13.9. The van der Waals surface area contributed by atoms with Crippen LogP contribution in [0.4, 0.5) is 5.69 Å². The summed E-state index contributed by atoms with van der Waals surface area (Å²) in [5.41, 5.74) is 6.06. The van der Waals surface area contributed by atoms with Gasteiger partial charge in [-0.05, 0) is 91.3 Å². The molecule has 0 saturated carbocycles. The van der Waals surface area contributed by atoms with Crippen molar-refractivity contribution in [2.75, 3.05) is 24.5 Å². The van der Waals surface area contributed by atoms with Gasteiger partial charge in [0.1, 0.15) is 11.6 Å². The Labute approximate surface area is 280 Å². The number of rotatable bonds is 10. The molecule has 4 aromatic rings. The standard InChI is InChI=1S/C36H33N3O4S3/c1-2-3-4-5-16-39-34(40)29-30(35(39)41)33(46-32(29)27-11-10-25(44-27)19-24(20-37)36(42)43)28-13-12-26(45-28)23-17-21-8-6-14-38-15-7-9-22(18-23)31(21)38/h10-13,17-19H,2-9,14-16H2,1H3,(H,42,43)/b24-19+. The molecule has 3 aliphatic heterocycles. The van der Waals surface area contributed by atoms with E-state index in [0.29, 0.717) is 27.4 Å². The third-order valence-corrected chi connectivity index (χ3v) is 12.7. The fourth-order valence-electron chi connectivity index (χ4n) is 6.85. The number of aryl methyl sites for hydroxylation is 2. The normalized spacial score (nSPS) is 15.7. The lowest BCUT2D eigenvalue weighted by molar-refractivity contribution is -0.132. The van der Waals surface area contributed by atoms with Crippen molar-refractivity contribution in [2.45, 2.75) is 58.3 Å². The predicted octanol–water partition coefficient (Wildman–Crippen LogP) is 8.74. The number of hydrogen-bond acceptors (Lipinski definition) is 8. The van der Waals surface area contributed by atoms with E-state index in [-0.39, 0.29) is 17.4 Å². The molecule has 1 aromatic carbocycles. The average Bonchev–Trinajstić information content (AvgIpc) is 3.85.